The maximum Gasteiger partial charge on any atom is 0.0198 e. The molecule has 0 aromatic heterocycles. The van der Waals surface area contributed by atoms with Crippen molar-refractivity contribution in [2.24, 2.45) is 5.92 Å². The standard InChI is InChI=1S/C18H31NS/c1-6-19-18(13-20-12-14(2)3)11-16-7-9-17(10-8-16)15(4)5/h7-10,14-15,18-19H,6,11-13H2,1-5H3. The third-order valence-corrected chi connectivity index (χ3v) is 4.93. The van der Waals surface area contributed by atoms with Crippen LogP contribution < -0.4 is 5.32 Å². The van der Waals surface area contributed by atoms with Crippen molar-refractivity contribution in [1.82, 2.24) is 5.32 Å². The Morgan fingerprint density at radius 2 is 1.65 bits per heavy atom. The van der Waals surface area contributed by atoms with Crippen LogP contribution in [-0.4, -0.2) is 24.1 Å². The molecule has 20 heavy (non-hydrogen) atoms. The van der Waals surface area contributed by atoms with Crippen LogP contribution in [0.25, 0.3) is 0 Å². The van der Waals surface area contributed by atoms with Gasteiger partial charge in [0.2, 0.25) is 0 Å². The van der Waals surface area contributed by atoms with Crippen molar-refractivity contribution in [3.8, 4) is 0 Å². The number of rotatable bonds is 9. The molecule has 1 unspecified atom stereocenters. The van der Waals surface area contributed by atoms with E-state index in [1.54, 1.807) is 0 Å². The Morgan fingerprint density at radius 1 is 1.00 bits per heavy atom. The predicted octanol–water partition coefficient (Wildman–Crippen LogP) is 4.72. The van der Waals surface area contributed by atoms with Crippen molar-refractivity contribution in [1.29, 1.82) is 0 Å². The van der Waals surface area contributed by atoms with E-state index >= 15 is 0 Å². The third-order valence-electron chi connectivity index (χ3n) is 3.39. The van der Waals surface area contributed by atoms with Crippen LogP contribution in [-0.2, 0) is 6.42 Å². The van der Waals surface area contributed by atoms with Gasteiger partial charge in [0.1, 0.15) is 0 Å². The SMILES string of the molecule is CCNC(CSCC(C)C)Cc1ccc(C(C)C)cc1. The Hall–Kier alpha value is -0.470. The average molecular weight is 294 g/mol. The summed E-state index contributed by atoms with van der Waals surface area (Å²) in [5.74, 6) is 3.87. The first-order valence-corrected chi connectivity index (χ1v) is 9.08. The van der Waals surface area contributed by atoms with Crippen LogP contribution in [0.5, 0.6) is 0 Å². The first kappa shape index (κ1) is 17.6. The molecule has 0 bridgehead atoms. The van der Waals surface area contributed by atoms with E-state index in [1.165, 1.54) is 22.6 Å². The van der Waals surface area contributed by atoms with Crippen molar-refractivity contribution < 1.29 is 0 Å². The molecule has 1 rings (SSSR count). The third kappa shape index (κ3) is 6.81. The van der Waals surface area contributed by atoms with E-state index in [9.17, 15) is 0 Å². The summed E-state index contributed by atoms with van der Waals surface area (Å²) in [5, 5.41) is 3.62. The number of thioether (sulfide) groups is 1. The van der Waals surface area contributed by atoms with Gasteiger partial charge in [0, 0.05) is 11.8 Å². The normalized spacial score (nSPS) is 13.2. The minimum absolute atomic E-state index is 0.591. The number of hydrogen-bond donors (Lipinski definition) is 1. The number of nitrogens with one attached hydrogen (secondary N) is 1. The van der Waals surface area contributed by atoms with Crippen molar-refractivity contribution in [2.75, 3.05) is 18.1 Å². The summed E-state index contributed by atoms with van der Waals surface area (Å²) in [4.78, 5) is 0. The van der Waals surface area contributed by atoms with Gasteiger partial charge in [0.05, 0.1) is 0 Å². The molecule has 0 heterocycles. The van der Waals surface area contributed by atoms with E-state index < -0.39 is 0 Å². The highest BCUT2D eigenvalue weighted by Gasteiger charge is 2.09. The monoisotopic (exact) mass is 293 g/mol. The van der Waals surface area contributed by atoms with Crippen LogP contribution in [0.3, 0.4) is 0 Å². The molecule has 0 fully saturated rings. The van der Waals surface area contributed by atoms with Crippen molar-refractivity contribution in [3.63, 3.8) is 0 Å². The fraction of sp³-hybridized carbons (Fsp3) is 0.667. The molecular weight excluding hydrogens is 262 g/mol. The van der Waals surface area contributed by atoms with E-state index in [0.717, 1.165) is 18.9 Å². The molecule has 0 aliphatic rings. The molecule has 0 aliphatic heterocycles. The lowest BCUT2D eigenvalue weighted by Gasteiger charge is -2.18. The molecule has 0 spiro atoms. The lowest BCUT2D eigenvalue weighted by atomic mass is 9.99. The van der Waals surface area contributed by atoms with Gasteiger partial charge in [-0.1, -0.05) is 58.9 Å². The topological polar surface area (TPSA) is 12.0 Å². The van der Waals surface area contributed by atoms with Crippen molar-refractivity contribution in [3.05, 3.63) is 35.4 Å². The molecule has 1 aromatic carbocycles. The Bertz CT molecular complexity index is 356. The molecule has 1 N–H and O–H groups in total. The van der Waals surface area contributed by atoms with Gasteiger partial charge in [-0.05, 0) is 41.7 Å². The van der Waals surface area contributed by atoms with Crippen LogP contribution in [0.2, 0.25) is 0 Å². The Labute approximate surface area is 129 Å². The first-order chi connectivity index (χ1) is 9.52. The van der Waals surface area contributed by atoms with Crippen molar-refractivity contribution >= 4 is 11.8 Å². The van der Waals surface area contributed by atoms with E-state index in [2.05, 4.69) is 76.0 Å². The summed E-state index contributed by atoms with van der Waals surface area (Å²) in [6, 6.07) is 9.75. The predicted molar refractivity (Wildman–Crippen MR) is 93.9 cm³/mol. The Kier molecular flexibility index (Phi) is 8.32. The van der Waals surface area contributed by atoms with Gasteiger partial charge >= 0.3 is 0 Å². The van der Waals surface area contributed by atoms with Gasteiger partial charge in [0.15, 0.2) is 0 Å². The van der Waals surface area contributed by atoms with Crippen LogP contribution >= 0.6 is 11.8 Å². The van der Waals surface area contributed by atoms with Gasteiger partial charge in [-0.3, -0.25) is 0 Å². The Morgan fingerprint density at radius 3 is 2.15 bits per heavy atom. The molecule has 0 saturated carbocycles. The molecule has 1 atom stereocenters. The van der Waals surface area contributed by atoms with Crippen LogP contribution in [0.1, 0.15) is 51.7 Å². The number of likely N-dealkylation sites (N-methyl/N-ethyl adjacent to an activating group) is 1. The van der Waals surface area contributed by atoms with Gasteiger partial charge in [0.25, 0.3) is 0 Å². The summed E-state index contributed by atoms with van der Waals surface area (Å²) in [6.07, 6.45) is 1.14. The molecule has 1 aromatic rings. The summed E-state index contributed by atoms with van der Waals surface area (Å²) in [6.45, 7) is 12.3. The fourth-order valence-electron chi connectivity index (χ4n) is 2.25. The van der Waals surface area contributed by atoms with Gasteiger partial charge < -0.3 is 5.32 Å². The second-order valence-corrected chi connectivity index (χ2v) is 7.36. The minimum Gasteiger partial charge on any atom is -0.313 e. The zero-order chi connectivity index (χ0) is 15.0. The zero-order valence-corrected chi connectivity index (χ0v) is 14.6. The maximum absolute atomic E-state index is 3.62. The fourth-order valence-corrected chi connectivity index (χ4v) is 3.38. The van der Waals surface area contributed by atoms with Crippen LogP contribution in [0, 0.1) is 5.92 Å². The highest BCUT2D eigenvalue weighted by molar-refractivity contribution is 7.99. The number of benzene rings is 1. The van der Waals surface area contributed by atoms with Gasteiger partial charge in [-0.2, -0.15) is 11.8 Å². The zero-order valence-electron chi connectivity index (χ0n) is 13.8. The summed E-state index contributed by atoms with van der Waals surface area (Å²) >= 11 is 2.07. The molecule has 2 heteroatoms. The molecule has 0 radical (unpaired) electrons. The second-order valence-electron chi connectivity index (χ2n) is 6.29. The molecular formula is C18H31NS. The van der Waals surface area contributed by atoms with E-state index in [0.29, 0.717) is 12.0 Å². The lowest BCUT2D eigenvalue weighted by Crippen LogP contribution is -2.33. The van der Waals surface area contributed by atoms with E-state index in [4.69, 9.17) is 0 Å². The van der Waals surface area contributed by atoms with Crippen LogP contribution in [0.4, 0.5) is 0 Å². The smallest absolute Gasteiger partial charge is 0.0198 e. The van der Waals surface area contributed by atoms with Gasteiger partial charge in [-0.15, -0.1) is 0 Å². The molecule has 114 valence electrons. The minimum atomic E-state index is 0.591. The van der Waals surface area contributed by atoms with Gasteiger partial charge in [-0.25, -0.2) is 0 Å². The summed E-state index contributed by atoms with van der Waals surface area (Å²) in [7, 11) is 0. The second kappa shape index (κ2) is 9.46. The van der Waals surface area contributed by atoms with E-state index in [-0.39, 0.29) is 0 Å². The molecule has 0 amide bonds. The quantitative estimate of drug-likeness (QED) is 0.707. The summed E-state index contributed by atoms with van der Waals surface area (Å²) in [5.41, 5.74) is 2.88. The highest BCUT2D eigenvalue weighted by Crippen LogP contribution is 2.17. The number of hydrogen-bond acceptors (Lipinski definition) is 2. The summed E-state index contributed by atoms with van der Waals surface area (Å²) < 4.78 is 0. The lowest BCUT2D eigenvalue weighted by molar-refractivity contribution is 0.572. The largest absolute Gasteiger partial charge is 0.313 e. The van der Waals surface area contributed by atoms with Crippen LogP contribution in [0.15, 0.2) is 24.3 Å². The average Bonchev–Trinajstić information content (AvgIpc) is 2.39. The highest BCUT2D eigenvalue weighted by atomic mass is 32.2. The Balaban J connectivity index is 2.51. The van der Waals surface area contributed by atoms with Crippen molar-refractivity contribution in [2.45, 2.75) is 53.0 Å². The maximum atomic E-state index is 3.62. The molecule has 0 saturated heterocycles. The van der Waals surface area contributed by atoms with E-state index in [1.807, 2.05) is 0 Å². The molecule has 1 nitrogen and oxygen atoms in total. The molecule has 0 aliphatic carbocycles. The first-order valence-electron chi connectivity index (χ1n) is 7.92.